The highest BCUT2D eigenvalue weighted by molar-refractivity contribution is 5.63. The molecule has 66 valence electrons. The number of rotatable bonds is 2. The second-order valence-corrected chi connectivity index (χ2v) is 2.61. The molecule has 0 saturated carbocycles. The van der Waals surface area contributed by atoms with Crippen LogP contribution < -0.4 is 0 Å². The third-order valence-electron chi connectivity index (χ3n) is 1.78. The van der Waals surface area contributed by atoms with Crippen molar-refractivity contribution < 1.29 is 4.92 Å². The van der Waals surface area contributed by atoms with Gasteiger partial charge < -0.3 is 0 Å². The summed E-state index contributed by atoms with van der Waals surface area (Å²) in [5.74, 6) is 0. The van der Waals surface area contributed by atoms with Crippen molar-refractivity contribution in [1.29, 1.82) is 0 Å². The molecule has 0 fully saturated rings. The summed E-state index contributed by atoms with van der Waals surface area (Å²) in [4.78, 5) is 9.90. The number of benzene rings is 1. The lowest BCUT2D eigenvalue weighted by Crippen LogP contribution is -1.87. The number of hydrogen-bond acceptors (Lipinski definition) is 2. The first-order chi connectivity index (χ1) is 6.15. The Labute approximate surface area is 76.2 Å². The third kappa shape index (κ3) is 2.04. The van der Waals surface area contributed by atoms with Crippen LogP contribution in [0.5, 0.6) is 0 Å². The Kier molecular flexibility index (Phi) is 2.62. The highest BCUT2D eigenvalue weighted by atomic mass is 16.6. The summed E-state index contributed by atoms with van der Waals surface area (Å²) in [6, 6.07) is 6.31. The molecule has 0 aliphatic rings. The Hall–Kier alpha value is -1.86. The molecule has 3 nitrogen and oxygen atoms in total. The average Bonchev–Trinajstić information content (AvgIpc) is 2.17. The predicted molar refractivity (Wildman–Crippen MR) is 51.3 cm³/mol. The van der Waals surface area contributed by atoms with Gasteiger partial charge in [-0.3, -0.25) is 10.1 Å². The van der Waals surface area contributed by atoms with Crippen molar-refractivity contribution >= 4 is 11.3 Å². The SMILES string of the molecule is C=C=C(C)c1ccc([N+](=O)[O-])cc1. The van der Waals surface area contributed by atoms with Gasteiger partial charge >= 0.3 is 0 Å². The zero-order chi connectivity index (χ0) is 9.84. The van der Waals surface area contributed by atoms with E-state index in [9.17, 15) is 10.1 Å². The molecule has 0 amide bonds. The lowest BCUT2D eigenvalue weighted by molar-refractivity contribution is -0.384. The van der Waals surface area contributed by atoms with Gasteiger partial charge in [0.1, 0.15) is 0 Å². The second kappa shape index (κ2) is 3.70. The Morgan fingerprint density at radius 2 is 2.00 bits per heavy atom. The van der Waals surface area contributed by atoms with Gasteiger partial charge in [0.15, 0.2) is 0 Å². The quantitative estimate of drug-likeness (QED) is 0.394. The number of allylic oxidation sites excluding steroid dienone is 1. The molecule has 0 heterocycles. The molecule has 0 radical (unpaired) electrons. The van der Waals surface area contributed by atoms with Crippen molar-refractivity contribution in [3.63, 3.8) is 0 Å². The lowest BCUT2D eigenvalue weighted by atomic mass is 10.1. The smallest absolute Gasteiger partial charge is 0.258 e. The van der Waals surface area contributed by atoms with Crippen molar-refractivity contribution in [2.75, 3.05) is 0 Å². The van der Waals surface area contributed by atoms with Crippen LogP contribution in [0, 0.1) is 10.1 Å². The van der Waals surface area contributed by atoms with Crippen molar-refractivity contribution in [1.82, 2.24) is 0 Å². The highest BCUT2D eigenvalue weighted by Gasteiger charge is 2.03. The first-order valence-electron chi connectivity index (χ1n) is 3.76. The minimum atomic E-state index is -0.420. The van der Waals surface area contributed by atoms with E-state index in [0.717, 1.165) is 11.1 Å². The zero-order valence-corrected chi connectivity index (χ0v) is 7.28. The second-order valence-electron chi connectivity index (χ2n) is 2.61. The van der Waals surface area contributed by atoms with Gasteiger partial charge in [-0.15, -0.1) is 5.73 Å². The number of nitro benzene ring substituents is 1. The Morgan fingerprint density at radius 3 is 2.38 bits per heavy atom. The summed E-state index contributed by atoms with van der Waals surface area (Å²) in [5.41, 5.74) is 4.61. The summed E-state index contributed by atoms with van der Waals surface area (Å²) in [6.07, 6.45) is 0. The maximum absolute atomic E-state index is 10.3. The number of non-ortho nitro benzene ring substituents is 1. The van der Waals surface area contributed by atoms with Crippen LogP contribution in [0.3, 0.4) is 0 Å². The van der Waals surface area contributed by atoms with Crippen molar-refractivity contribution in [2.45, 2.75) is 6.92 Å². The maximum atomic E-state index is 10.3. The number of nitro groups is 1. The number of hydrogen-bond donors (Lipinski definition) is 0. The molecule has 0 N–H and O–H groups in total. The van der Waals surface area contributed by atoms with Crippen molar-refractivity contribution in [3.8, 4) is 0 Å². The number of nitrogens with zero attached hydrogens (tertiary/aromatic N) is 1. The molecule has 13 heavy (non-hydrogen) atoms. The average molecular weight is 175 g/mol. The van der Waals surface area contributed by atoms with E-state index in [2.05, 4.69) is 12.3 Å². The normalized spacial score (nSPS) is 9.00. The van der Waals surface area contributed by atoms with Crippen LogP contribution >= 0.6 is 0 Å². The van der Waals surface area contributed by atoms with Crippen LogP contribution in [-0.4, -0.2) is 4.92 Å². The summed E-state index contributed by atoms with van der Waals surface area (Å²) in [7, 11) is 0. The van der Waals surface area contributed by atoms with Crippen LogP contribution in [0.15, 0.2) is 36.6 Å². The molecule has 0 unspecified atom stereocenters. The van der Waals surface area contributed by atoms with Gasteiger partial charge in [-0.1, -0.05) is 6.58 Å². The molecular weight excluding hydrogens is 166 g/mol. The van der Waals surface area contributed by atoms with E-state index < -0.39 is 4.92 Å². The molecular formula is C10H9NO2. The molecule has 0 aromatic heterocycles. The minimum absolute atomic E-state index is 0.0978. The molecule has 1 aromatic rings. The van der Waals surface area contributed by atoms with Gasteiger partial charge in [0.25, 0.3) is 5.69 Å². The van der Waals surface area contributed by atoms with E-state index in [1.807, 2.05) is 6.92 Å². The topological polar surface area (TPSA) is 43.1 Å². The van der Waals surface area contributed by atoms with Crippen molar-refractivity contribution in [3.05, 3.63) is 52.3 Å². The molecule has 0 bridgehead atoms. The fourth-order valence-electron chi connectivity index (χ4n) is 0.935. The molecule has 0 aliphatic carbocycles. The largest absolute Gasteiger partial charge is 0.269 e. The third-order valence-corrected chi connectivity index (χ3v) is 1.78. The van der Waals surface area contributed by atoms with Gasteiger partial charge in [0, 0.05) is 12.1 Å². The predicted octanol–water partition coefficient (Wildman–Crippen LogP) is 2.78. The molecule has 0 spiro atoms. The van der Waals surface area contributed by atoms with Gasteiger partial charge in [0.2, 0.25) is 0 Å². The van der Waals surface area contributed by atoms with Gasteiger partial charge in [-0.25, -0.2) is 0 Å². The first kappa shape index (κ1) is 9.23. The van der Waals surface area contributed by atoms with Crippen molar-refractivity contribution in [2.24, 2.45) is 0 Å². The van der Waals surface area contributed by atoms with E-state index >= 15 is 0 Å². The minimum Gasteiger partial charge on any atom is -0.258 e. The summed E-state index contributed by atoms with van der Waals surface area (Å²) in [6.45, 7) is 5.35. The van der Waals surface area contributed by atoms with Crippen LogP contribution in [0.2, 0.25) is 0 Å². The monoisotopic (exact) mass is 175 g/mol. The van der Waals surface area contributed by atoms with Gasteiger partial charge in [0.05, 0.1) is 4.92 Å². The van der Waals surface area contributed by atoms with E-state index in [4.69, 9.17) is 0 Å². The van der Waals surface area contributed by atoms with Gasteiger partial charge in [-0.2, -0.15) is 0 Å². The summed E-state index contributed by atoms with van der Waals surface area (Å²) >= 11 is 0. The first-order valence-corrected chi connectivity index (χ1v) is 3.76. The van der Waals surface area contributed by atoms with Crippen LogP contribution in [0.4, 0.5) is 5.69 Å². The van der Waals surface area contributed by atoms with E-state index in [-0.39, 0.29) is 5.69 Å². The molecule has 3 heteroatoms. The zero-order valence-electron chi connectivity index (χ0n) is 7.28. The fourth-order valence-corrected chi connectivity index (χ4v) is 0.935. The summed E-state index contributed by atoms with van der Waals surface area (Å²) < 4.78 is 0. The van der Waals surface area contributed by atoms with Gasteiger partial charge in [-0.05, 0) is 30.2 Å². The van der Waals surface area contributed by atoms with Crippen LogP contribution in [0.25, 0.3) is 5.57 Å². The highest BCUT2D eigenvalue weighted by Crippen LogP contribution is 2.16. The molecule has 0 aliphatic heterocycles. The Bertz CT molecular complexity index is 372. The fraction of sp³-hybridized carbons (Fsp3) is 0.100. The molecule has 1 aromatic carbocycles. The molecule has 0 atom stereocenters. The van der Waals surface area contributed by atoms with E-state index in [0.29, 0.717) is 0 Å². The van der Waals surface area contributed by atoms with E-state index in [1.54, 1.807) is 12.1 Å². The van der Waals surface area contributed by atoms with Crippen LogP contribution in [-0.2, 0) is 0 Å². The summed E-state index contributed by atoms with van der Waals surface area (Å²) in [5, 5.41) is 10.3. The lowest BCUT2D eigenvalue weighted by Gasteiger charge is -1.96. The standard InChI is InChI=1S/C10H9NO2/c1-3-8(2)9-4-6-10(7-5-9)11(12)13/h4-7H,1H2,2H3. The van der Waals surface area contributed by atoms with Crippen LogP contribution in [0.1, 0.15) is 12.5 Å². The molecule has 0 saturated heterocycles. The van der Waals surface area contributed by atoms with E-state index in [1.165, 1.54) is 12.1 Å². The Balaban J connectivity index is 3.07. The Morgan fingerprint density at radius 1 is 1.46 bits per heavy atom. The molecule has 1 rings (SSSR count). The maximum Gasteiger partial charge on any atom is 0.269 e.